The molecular weight excluding hydrogens is 418 g/mol. The molecule has 0 aliphatic rings. The second-order valence-electron chi connectivity index (χ2n) is 8.03. The zero-order valence-corrected chi connectivity index (χ0v) is 20.6. The number of fused-ring (bicyclic) bond motifs is 1. The van der Waals surface area contributed by atoms with Crippen molar-refractivity contribution in [1.29, 1.82) is 0 Å². The molecule has 172 valence electrons. The van der Waals surface area contributed by atoms with Crippen molar-refractivity contribution in [2.75, 3.05) is 37.7 Å². The van der Waals surface area contributed by atoms with Crippen LogP contribution in [0.25, 0.3) is 10.2 Å². The molecule has 0 saturated carbocycles. The minimum atomic E-state index is -0.0227. The highest BCUT2D eigenvalue weighted by Gasteiger charge is 2.22. The van der Waals surface area contributed by atoms with Gasteiger partial charge in [-0.1, -0.05) is 51.0 Å². The van der Waals surface area contributed by atoms with Crippen LogP contribution in [0.1, 0.15) is 56.0 Å². The highest BCUT2D eigenvalue weighted by atomic mass is 32.1. The van der Waals surface area contributed by atoms with Crippen molar-refractivity contribution in [2.45, 2.75) is 47.0 Å². The van der Waals surface area contributed by atoms with E-state index in [1.165, 1.54) is 18.4 Å². The van der Waals surface area contributed by atoms with Crippen LogP contribution in [0.4, 0.5) is 5.13 Å². The number of ether oxygens (including phenoxy) is 1. The Kier molecular flexibility index (Phi) is 9.06. The van der Waals surface area contributed by atoms with Gasteiger partial charge in [-0.05, 0) is 68.4 Å². The lowest BCUT2D eigenvalue weighted by Gasteiger charge is -2.24. The lowest BCUT2D eigenvalue weighted by molar-refractivity contribution is 0.0983. The third-order valence-corrected chi connectivity index (χ3v) is 6.70. The van der Waals surface area contributed by atoms with E-state index in [-0.39, 0.29) is 5.91 Å². The Labute approximate surface area is 196 Å². The van der Waals surface area contributed by atoms with Crippen LogP contribution < -0.4 is 9.64 Å². The van der Waals surface area contributed by atoms with Crippen LogP contribution in [0.3, 0.4) is 0 Å². The smallest absolute Gasteiger partial charge is 0.260 e. The normalized spacial score (nSPS) is 11.3. The van der Waals surface area contributed by atoms with Crippen molar-refractivity contribution in [3.05, 3.63) is 53.6 Å². The molecule has 1 amide bonds. The van der Waals surface area contributed by atoms with Crippen molar-refractivity contribution in [1.82, 2.24) is 9.88 Å². The molecule has 0 bridgehead atoms. The number of unbranched alkanes of at least 4 members (excludes halogenated alkanes) is 2. The Hall–Kier alpha value is -2.44. The van der Waals surface area contributed by atoms with Gasteiger partial charge in [-0.2, -0.15) is 0 Å². The second kappa shape index (κ2) is 12.0. The average Bonchev–Trinajstić information content (AvgIpc) is 3.22. The Morgan fingerprint density at radius 3 is 2.44 bits per heavy atom. The number of hydrogen-bond donors (Lipinski definition) is 0. The number of nitrogens with zero attached hydrogens (tertiary/aromatic N) is 3. The number of benzene rings is 2. The van der Waals surface area contributed by atoms with Crippen molar-refractivity contribution < 1.29 is 9.53 Å². The topological polar surface area (TPSA) is 45.7 Å². The van der Waals surface area contributed by atoms with Gasteiger partial charge in [0.2, 0.25) is 0 Å². The fourth-order valence-electron chi connectivity index (χ4n) is 3.59. The van der Waals surface area contributed by atoms with E-state index in [1.54, 1.807) is 11.3 Å². The molecular formula is C26H35N3O2S. The molecule has 0 aliphatic heterocycles. The predicted molar refractivity (Wildman–Crippen MR) is 135 cm³/mol. The highest BCUT2D eigenvalue weighted by Crippen LogP contribution is 2.30. The van der Waals surface area contributed by atoms with Gasteiger partial charge in [-0.15, -0.1) is 0 Å². The van der Waals surface area contributed by atoms with E-state index in [0.717, 1.165) is 47.2 Å². The molecule has 3 aromatic rings. The molecule has 1 heterocycles. The van der Waals surface area contributed by atoms with E-state index in [0.29, 0.717) is 18.7 Å². The molecule has 0 saturated heterocycles. The summed E-state index contributed by atoms with van der Waals surface area (Å²) in [5, 5.41) is 0.752. The monoisotopic (exact) mass is 453 g/mol. The molecule has 2 aromatic carbocycles. The molecule has 3 rings (SSSR count). The van der Waals surface area contributed by atoms with Gasteiger partial charge in [0.05, 0.1) is 16.8 Å². The van der Waals surface area contributed by atoms with E-state index >= 15 is 0 Å². The molecule has 0 atom stereocenters. The standard InChI is InChI=1S/C26H35N3O2S/c1-5-8-9-18-31-22-13-11-21(12-14-22)25(30)29(17-16-28(6-2)7-3)26-27-23-15-10-20(4)19-24(23)32-26/h10-15,19H,5-9,16-18H2,1-4H3. The van der Waals surface area contributed by atoms with Crippen LogP contribution in [0, 0.1) is 6.92 Å². The summed E-state index contributed by atoms with van der Waals surface area (Å²) < 4.78 is 6.91. The number of anilines is 1. The Morgan fingerprint density at radius 2 is 1.75 bits per heavy atom. The van der Waals surface area contributed by atoms with Crippen LogP contribution >= 0.6 is 11.3 Å². The highest BCUT2D eigenvalue weighted by molar-refractivity contribution is 7.22. The lowest BCUT2D eigenvalue weighted by atomic mass is 10.2. The summed E-state index contributed by atoms with van der Waals surface area (Å²) in [6.07, 6.45) is 3.39. The first kappa shape index (κ1) is 24.2. The van der Waals surface area contributed by atoms with Gasteiger partial charge >= 0.3 is 0 Å². The van der Waals surface area contributed by atoms with Gasteiger partial charge in [-0.3, -0.25) is 9.69 Å². The number of rotatable bonds is 12. The van der Waals surface area contributed by atoms with E-state index in [1.807, 2.05) is 35.2 Å². The number of hydrogen-bond acceptors (Lipinski definition) is 5. The van der Waals surface area contributed by atoms with E-state index in [2.05, 4.69) is 44.7 Å². The number of amides is 1. The maximum absolute atomic E-state index is 13.5. The Bertz CT molecular complexity index is 996. The van der Waals surface area contributed by atoms with Crippen molar-refractivity contribution in [2.24, 2.45) is 0 Å². The number of thiazole rings is 1. The number of aryl methyl sites for hydroxylation is 1. The predicted octanol–water partition coefficient (Wildman–Crippen LogP) is 6.16. The summed E-state index contributed by atoms with van der Waals surface area (Å²) in [6, 6.07) is 13.7. The van der Waals surface area contributed by atoms with Gasteiger partial charge in [0.25, 0.3) is 5.91 Å². The molecule has 32 heavy (non-hydrogen) atoms. The molecule has 0 N–H and O–H groups in total. The summed E-state index contributed by atoms with van der Waals surface area (Å²) in [5.74, 6) is 0.785. The van der Waals surface area contributed by atoms with E-state index < -0.39 is 0 Å². The van der Waals surface area contributed by atoms with Gasteiger partial charge in [-0.25, -0.2) is 4.98 Å². The largest absolute Gasteiger partial charge is 0.494 e. The van der Waals surface area contributed by atoms with Crippen molar-refractivity contribution in [3.63, 3.8) is 0 Å². The number of carbonyl (C=O) groups is 1. The third-order valence-electron chi connectivity index (χ3n) is 5.66. The quantitative estimate of drug-likeness (QED) is 0.308. The first-order valence-corrected chi connectivity index (χ1v) is 12.5. The number of likely N-dealkylation sites (N-methyl/N-ethyl adjacent to an activating group) is 1. The molecule has 0 radical (unpaired) electrons. The summed E-state index contributed by atoms with van der Waals surface area (Å²) >= 11 is 1.58. The maximum Gasteiger partial charge on any atom is 0.260 e. The number of carbonyl (C=O) groups excluding carboxylic acids is 1. The molecule has 0 aliphatic carbocycles. The fourth-order valence-corrected chi connectivity index (χ4v) is 4.68. The van der Waals surface area contributed by atoms with Crippen LogP contribution in [0.2, 0.25) is 0 Å². The zero-order valence-electron chi connectivity index (χ0n) is 19.8. The average molecular weight is 454 g/mol. The summed E-state index contributed by atoms with van der Waals surface area (Å²) in [6.45, 7) is 12.6. The molecule has 0 spiro atoms. The summed E-state index contributed by atoms with van der Waals surface area (Å²) in [5.41, 5.74) is 2.79. The second-order valence-corrected chi connectivity index (χ2v) is 9.04. The third kappa shape index (κ3) is 6.30. The Balaban J connectivity index is 1.80. The minimum absolute atomic E-state index is 0.0227. The van der Waals surface area contributed by atoms with E-state index in [9.17, 15) is 4.79 Å². The molecule has 6 heteroatoms. The van der Waals surface area contributed by atoms with Gasteiger partial charge < -0.3 is 9.64 Å². The maximum atomic E-state index is 13.5. The molecule has 1 aromatic heterocycles. The lowest BCUT2D eigenvalue weighted by Crippen LogP contribution is -2.38. The fraction of sp³-hybridized carbons (Fsp3) is 0.462. The van der Waals surface area contributed by atoms with Crippen LogP contribution in [-0.2, 0) is 0 Å². The summed E-state index contributed by atoms with van der Waals surface area (Å²) in [4.78, 5) is 22.5. The zero-order chi connectivity index (χ0) is 22.9. The van der Waals surface area contributed by atoms with Crippen LogP contribution in [0.5, 0.6) is 5.75 Å². The first-order chi connectivity index (χ1) is 15.5. The molecule has 0 unspecified atom stereocenters. The summed E-state index contributed by atoms with van der Waals surface area (Å²) in [7, 11) is 0. The van der Waals surface area contributed by atoms with Crippen LogP contribution in [-0.4, -0.2) is 48.6 Å². The van der Waals surface area contributed by atoms with Gasteiger partial charge in [0, 0.05) is 18.7 Å². The molecule has 0 fully saturated rings. The van der Waals surface area contributed by atoms with Crippen molar-refractivity contribution >= 4 is 32.6 Å². The Morgan fingerprint density at radius 1 is 1.00 bits per heavy atom. The number of aromatic nitrogens is 1. The minimum Gasteiger partial charge on any atom is -0.494 e. The van der Waals surface area contributed by atoms with Gasteiger partial charge in [0.15, 0.2) is 5.13 Å². The van der Waals surface area contributed by atoms with E-state index in [4.69, 9.17) is 9.72 Å². The molecule has 5 nitrogen and oxygen atoms in total. The van der Waals surface area contributed by atoms with Crippen molar-refractivity contribution in [3.8, 4) is 5.75 Å². The van der Waals surface area contributed by atoms with Crippen LogP contribution in [0.15, 0.2) is 42.5 Å². The first-order valence-electron chi connectivity index (χ1n) is 11.7. The SMILES string of the molecule is CCCCCOc1ccc(C(=O)N(CCN(CC)CC)c2nc3ccc(C)cc3s2)cc1. The van der Waals surface area contributed by atoms with Gasteiger partial charge in [0.1, 0.15) is 5.75 Å².